The van der Waals surface area contributed by atoms with Crippen molar-refractivity contribution >= 4 is 0 Å². The fourth-order valence-corrected chi connectivity index (χ4v) is 3.80. The summed E-state index contributed by atoms with van der Waals surface area (Å²) in [5.41, 5.74) is 6.19. The van der Waals surface area contributed by atoms with Gasteiger partial charge in [0.15, 0.2) is 0 Å². The highest BCUT2D eigenvalue weighted by atomic mass is 15.2. The second-order valence-corrected chi connectivity index (χ2v) is 6.43. The van der Waals surface area contributed by atoms with Gasteiger partial charge >= 0.3 is 0 Å². The zero-order valence-electron chi connectivity index (χ0n) is 11.7. The summed E-state index contributed by atoms with van der Waals surface area (Å²) in [6, 6.07) is 1.83. The van der Waals surface area contributed by atoms with Crippen molar-refractivity contribution < 1.29 is 0 Å². The Morgan fingerprint density at radius 2 is 1.82 bits per heavy atom. The number of nitrogens with zero attached hydrogens (tertiary/aromatic N) is 1. The smallest absolute Gasteiger partial charge is 0.0247 e. The topological polar surface area (TPSA) is 29.3 Å². The molecule has 1 heterocycles. The average Bonchev–Trinajstić information content (AvgIpc) is 2.54. The van der Waals surface area contributed by atoms with Gasteiger partial charge in [0.2, 0.25) is 0 Å². The molecule has 2 nitrogen and oxygen atoms in total. The molecule has 0 amide bonds. The summed E-state index contributed by atoms with van der Waals surface area (Å²) in [4.78, 5) is 2.77. The van der Waals surface area contributed by atoms with Crippen molar-refractivity contribution in [3.8, 4) is 0 Å². The molecule has 2 fully saturated rings. The minimum Gasteiger partial charge on any atom is -0.327 e. The molecule has 1 saturated carbocycles. The molecule has 2 N–H and O–H groups in total. The molecular formula is C15H30N2. The fourth-order valence-electron chi connectivity index (χ4n) is 3.80. The van der Waals surface area contributed by atoms with E-state index in [1.54, 1.807) is 0 Å². The van der Waals surface area contributed by atoms with Crippen LogP contribution in [0.3, 0.4) is 0 Å². The minimum absolute atomic E-state index is 0.343. The van der Waals surface area contributed by atoms with Crippen molar-refractivity contribution in [3.63, 3.8) is 0 Å². The first-order valence-electron chi connectivity index (χ1n) is 7.70. The molecule has 2 aliphatic rings. The summed E-state index contributed by atoms with van der Waals surface area (Å²) in [7, 11) is 0. The normalized spacial score (nSPS) is 38.6. The number of likely N-dealkylation sites (tertiary alicyclic amines) is 1. The van der Waals surface area contributed by atoms with Gasteiger partial charge in [0.05, 0.1) is 0 Å². The molecule has 2 heteroatoms. The predicted octanol–water partition coefficient (Wildman–Crippen LogP) is 3.16. The molecule has 1 aliphatic carbocycles. The average molecular weight is 238 g/mol. The minimum atomic E-state index is 0.343. The van der Waals surface area contributed by atoms with Gasteiger partial charge in [-0.05, 0) is 51.5 Å². The van der Waals surface area contributed by atoms with Crippen molar-refractivity contribution in [1.82, 2.24) is 4.90 Å². The molecule has 4 atom stereocenters. The lowest BCUT2D eigenvalue weighted by molar-refractivity contribution is 0.0725. The maximum atomic E-state index is 6.19. The number of nitrogens with two attached hydrogens (primary N) is 1. The quantitative estimate of drug-likeness (QED) is 0.749. The maximum Gasteiger partial charge on any atom is 0.0247 e. The van der Waals surface area contributed by atoms with Crippen LogP contribution >= 0.6 is 0 Å². The molecule has 0 bridgehead atoms. The Labute approximate surface area is 107 Å². The van der Waals surface area contributed by atoms with Crippen LogP contribution in [0.2, 0.25) is 0 Å². The molecule has 0 aromatic carbocycles. The third-order valence-corrected chi connectivity index (χ3v) is 4.90. The van der Waals surface area contributed by atoms with Gasteiger partial charge in [-0.25, -0.2) is 0 Å². The molecule has 4 unspecified atom stereocenters. The van der Waals surface area contributed by atoms with E-state index in [1.165, 1.54) is 57.9 Å². The number of rotatable bonds is 2. The first kappa shape index (κ1) is 13.4. The summed E-state index contributed by atoms with van der Waals surface area (Å²) < 4.78 is 0. The van der Waals surface area contributed by atoms with Crippen molar-refractivity contribution in [2.24, 2.45) is 11.7 Å². The lowest BCUT2D eigenvalue weighted by Gasteiger charge is -2.43. The SMILES string of the molecule is CC1CCCC(N2CCCCC2C(C)N)CC1. The number of hydrogen-bond acceptors (Lipinski definition) is 2. The van der Waals surface area contributed by atoms with Gasteiger partial charge in [-0.3, -0.25) is 4.90 Å². The molecule has 1 aliphatic heterocycles. The molecule has 100 valence electrons. The molecule has 2 rings (SSSR count). The maximum absolute atomic E-state index is 6.19. The second kappa shape index (κ2) is 6.19. The van der Waals surface area contributed by atoms with Crippen LogP contribution in [-0.2, 0) is 0 Å². The van der Waals surface area contributed by atoms with Crippen molar-refractivity contribution in [1.29, 1.82) is 0 Å². The lowest BCUT2D eigenvalue weighted by atomic mass is 9.93. The second-order valence-electron chi connectivity index (χ2n) is 6.43. The lowest BCUT2D eigenvalue weighted by Crippen LogP contribution is -2.53. The van der Waals surface area contributed by atoms with Gasteiger partial charge in [0.1, 0.15) is 0 Å². The van der Waals surface area contributed by atoms with Crippen LogP contribution in [0, 0.1) is 5.92 Å². The highest BCUT2D eigenvalue weighted by Gasteiger charge is 2.31. The molecular weight excluding hydrogens is 208 g/mol. The van der Waals surface area contributed by atoms with Gasteiger partial charge in [-0.15, -0.1) is 0 Å². The van der Waals surface area contributed by atoms with Gasteiger partial charge < -0.3 is 5.73 Å². The molecule has 1 saturated heterocycles. The first-order chi connectivity index (χ1) is 8.18. The number of hydrogen-bond donors (Lipinski definition) is 1. The van der Waals surface area contributed by atoms with Crippen LogP contribution in [0.5, 0.6) is 0 Å². The first-order valence-corrected chi connectivity index (χ1v) is 7.70. The van der Waals surface area contributed by atoms with Crippen molar-refractivity contribution in [2.45, 2.75) is 83.3 Å². The van der Waals surface area contributed by atoms with E-state index >= 15 is 0 Å². The van der Waals surface area contributed by atoms with Crippen LogP contribution in [0.25, 0.3) is 0 Å². The number of piperidine rings is 1. The third-order valence-electron chi connectivity index (χ3n) is 4.90. The van der Waals surface area contributed by atoms with E-state index in [2.05, 4.69) is 18.7 Å². The van der Waals surface area contributed by atoms with Gasteiger partial charge in [0.25, 0.3) is 0 Å². The Hall–Kier alpha value is -0.0800. The molecule has 0 radical (unpaired) electrons. The van der Waals surface area contributed by atoms with Crippen molar-refractivity contribution in [2.75, 3.05) is 6.54 Å². The highest BCUT2D eigenvalue weighted by Crippen LogP contribution is 2.30. The zero-order valence-corrected chi connectivity index (χ0v) is 11.7. The molecule has 0 spiro atoms. The summed E-state index contributed by atoms with van der Waals surface area (Å²) in [5.74, 6) is 0.943. The standard InChI is InChI=1S/C15H30N2/c1-12-6-5-7-14(10-9-12)17-11-4-3-8-15(17)13(2)16/h12-15H,3-11,16H2,1-2H3. The van der Waals surface area contributed by atoms with Gasteiger partial charge in [-0.1, -0.05) is 26.2 Å². The van der Waals surface area contributed by atoms with E-state index in [0.717, 1.165) is 12.0 Å². The monoisotopic (exact) mass is 238 g/mol. The van der Waals surface area contributed by atoms with Crippen LogP contribution < -0.4 is 5.73 Å². The Bertz CT molecular complexity index is 227. The summed E-state index contributed by atoms with van der Waals surface area (Å²) in [5, 5.41) is 0. The highest BCUT2D eigenvalue weighted by molar-refractivity contribution is 4.88. The third kappa shape index (κ3) is 3.45. The van der Waals surface area contributed by atoms with Crippen molar-refractivity contribution in [3.05, 3.63) is 0 Å². The van der Waals surface area contributed by atoms with E-state index in [1.807, 2.05) is 0 Å². The van der Waals surface area contributed by atoms with Gasteiger partial charge in [-0.2, -0.15) is 0 Å². The summed E-state index contributed by atoms with van der Waals surface area (Å²) >= 11 is 0. The summed E-state index contributed by atoms with van der Waals surface area (Å²) in [6.45, 7) is 5.91. The van der Waals surface area contributed by atoms with Crippen LogP contribution in [0.4, 0.5) is 0 Å². The zero-order chi connectivity index (χ0) is 12.3. The Balaban J connectivity index is 1.97. The van der Waals surface area contributed by atoms with Crippen LogP contribution in [0.15, 0.2) is 0 Å². The molecule has 17 heavy (non-hydrogen) atoms. The van der Waals surface area contributed by atoms with E-state index < -0.39 is 0 Å². The van der Waals surface area contributed by atoms with Crippen LogP contribution in [-0.4, -0.2) is 29.6 Å². The predicted molar refractivity (Wildman–Crippen MR) is 74.0 cm³/mol. The van der Waals surface area contributed by atoms with Crippen LogP contribution in [0.1, 0.15) is 65.2 Å². The van der Waals surface area contributed by atoms with E-state index in [-0.39, 0.29) is 0 Å². The Morgan fingerprint density at radius 3 is 2.59 bits per heavy atom. The molecule has 0 aromatic heterocycles. The van der Waals surface area contributed by atoms with Gasteiger partial charge in [0, 0.05) is 18.1 Å². The van der Waals surface area contributed by atoms with E-state index in [9.17, 15) is 0 Å². The van der Waals surface area contributed by atoms with E-state index in [4.69, 9.17) is 5.73 Å². The largest absolute Gasteiger partial charge is 0.327 e. The summed E-state index contributed by atoms with van der Waals surface area (Å²) in [6.07, 6.45) is 11.2. The molecule has 0 aromatic rings. The fraction of sp³-hybridized carbons (Fsp3) is 1.00. The Kier molecular flexibility index (Phi) is 4.87. The Morgan fingerprint density at radius 1 is 1.00 bits per heavy atom. The van der Waals surface area contributed by atoms with E-state index in [0.29, 0.717) is 12.1 Å².